The Hall–Kier alpha value is -1.04. The lowest BCUT2D eigenvalue weighted by Crippen LogP contribution is -2.14. The van der Waals surface area contributed by atoms with E-state index in [-0.39, 0.29) is 5.91 Å². The Morgan fingerprint density at radius 2 is 2.19 bits per heavy atom. The SMILES string of the molecule is CC(C)SCC(=O)Nc1ncc(Cc2ccccc2Cl)s1. The summed E-state index contributed by atoms with van der Waals surface area (Å²) in [6.45, 7) is 4.14. The van der Waals surface area contributed by atoms with Crippen molar-refractivity contribution in [3.63, 3.8) is 0 Å². The molecule has 0 aliphatic heterocycles. The molecule has 0 saturated heterocycles. The highest BCUT2D eigenvalue weighted by Gasteiger charge is 2.09. The molecule has 1 aromatic carbocycles. The lowest BCUT2D eigenvalue weighted by Gasteiger charge is -2.04. The molecule has 0 aliphatic rings. The van der Waals surface area contributed by atoms with Gasteiger partial charge in [-0.1, -0.05) is 43.6 Å². The smallest absolute Gasteiger partial charge is 0.236 e. The number of thiazole rings is 1. The molecule has 2 aromatic rings. The fourth-order valence-electron chi connectivity index (χ4n) is 1.67. The van der Waals surface area contributed by atoms with E-state index in [9.17, 15) is 4.79 Å². The summed E-state index contributed by atoms with van der Waals surface area (Å²) in [4.78, 5) is 17.1. The standard InChI is InChI=1S/C15H17ClN2OS2/c1-10(2)20-9-14(19)18-15-17-8-12(21-15)7-11-5-3-4-6-13(11)16/h3-6,8,10H,7,9H2,1-2H3,(H,17,18,19). The van der Waals surface area contributed by atoms with Crippen molar-refractivity contribution < 1.29 is 4.79 Å². The van der Waals surface area contributed by atoms with Crippen LogP contribution in [-0.2, 0) is 11.2 Å². The van der Waals surface area contributed by atoms with Crippen molar-refractivity contribution in [2.24, 2.45) is 0 Å². The molecule has 2 rings (SSSR count). The van der Waals surface area contributed by atoms with Gasteiger partial charge in [-0.05, 0) is 16.9 Å². The number of nitrogens with one attached hydrogen (secondary N) is 1. The highest BCUT2D eigenvalue weighted by Crippen LogP contribution is 2.24. The summed E-state index contributed by atoms with van der Waals surface area (Å²) in [7, 11) is 0. The van der Waals surface area contributed by atoms with Crippen LogP contribution in [0.25, 0.3) is 0 Å². The maximum absolute atomic E-state index is 11.8. The van der Waals surface area contributed by atoms with Crippen molar-refractivity contribution in [2.45, 2.75) is 25.5 Å². The van der Waals surface area contributed by atoms with Gasteiger partial charge >= 0.3 is 0 Å². The minimum atomic E-state index is -0.00709. The Morgan fingerprint density at radius 1 is 1.43 bits per heavy atom. The first-order valence-corrected chi connectivity index (χ1v) is 8.88. The normalized spacial score (nSPS) is 10.9. The molecule has 6 heteroatoms. The van der Waals surface area contributed by atoms with Crippen LogP contribution in [0.4, 0.5) is 5.13 Å². The summed E-state index contributed by atoms with van der Waals surface area (Å²) in [5.74, 6) is 0.448. The third-order valence-electron chi connectivity index (χ3n) is 2.67. The fourth-order valence-corrected chi connectivity index (χ4v) is 3.29. The molecule has 0 saturated carbocycles. The summed E-state index contributed by atoms with van der Waals surface area (Å²) in [6.07, 6.45) is 2.52. The predicted molar refractivity (Wildman–Crippen MR) is 92.6 cm³/mol. The van der Waals surface area contributed by atoms with Crippen LogP contribution in [0, 0.1) is 0 Å². The molecule has 1 heterocycles. The van der Waals surface area contributed by atoms with Gasteiger partial charge in [-0.25, -0.2) is 4.98 Å². The largest absolute Gasteiger partial charge is 0.301 e. The van der Waals surface area contributed by atoms with Gasteiger partial charge in [0.05, 0.1) is 5.75 Å². The van der Waals surface area contributed by atoms with Crippen molar-refractivity contribution in [1.29, 1.82) is 0 Å². The third-order valence-corrected chi connectivity index (χ3v) is 5.05. The minimum absolute atomic E-state index is 0.00709. The Labute approximate surface area is 138 Å². The number of hydrogen-bond donors (Lipinski definition) is 1. The average molecular weight is 341 g/mol. The number of halogens is 1. The van der Waals surface area contributed by atoms with Crippen LogP contribution in [-0.4, -0.2) is 21.9 Å². The molecular weight excluding hydrogens is 324 g/mol. The van der Waals surface area contributed by atoms with Gasteiger partial charge in [-0.15, -0.1) is 23.1 Å². The average Bonchev–Trinajstić information content (AvgIpc) is 2.86. The van der Waals surface area contributed by atoms with Gasteiger partial charge in [0.2, 0.25) is 5.91 Å². The van der Waals surface area contributed by atoms with Crippen molar-refractivity contribution in [2.75, 3.05) is 11.1 Å². The third kappa shape index (κ3) is 5.34. The zero-order valence-corrected chi connectivity index (χ0v) is 14.3. The molecule has 1 N–H and O–H groups in total. The highest BCUT2D eigenvalue weighted by atomic mass is 35.5. The van der Waals surface area contributed by atoms with Gasteiger partial charge in [-0.3, -0.25) is 4.79 Å². The Morgan fingerprint density at radius 3 is 2.90 bits per heavy atom. The molecule has 0 fully saturated rings. The fraction of sp³-hybridized carbons (Fsp3) is 0.333. The minimum Gasteiger partial charge on any atom is -0.301 e. The van der Waals surface area contributed by atoms with Crippen molar-refractivity contribution >= 4 is 45.7 Å². The van der Waals surface area contributed by atoms with Crippen LogP contribution in [0.5, 0.6) is 0 Å². The number of anilines is 1. The highest BCUT2D eigenvalue weighted by molar-refractivity contribution is 8.00. The van der Waals surface area contributed by atoms with Gasteiger partial charge in [0.1, 0.15) is 0 Å². The van der Waals surface area contributed by atoms with Gasteiger partial charge in [0, 0.05) is 22.5 Å². The number of hydrogen-bond acceptors (Lipinski definition) is 4. The van der Waals surface area contributed by atoms with Gasteiger partial charge in [0.15, 0.2) is 5.13 Å². The van der Waals surface area contributed by atoms with Crippen LogP contribution in [0.2, 0.25) is 5.02 Å². The number of rotatable bonds is 6. The first kappa shape index (κ1) is 16.3. The molecule has 0 unspecified atom stereocenters. The molecule has 112 valence electrons. The number of thioether (sulfide) groups is 1. The van der Waals surface area contributed by atoms with E-state index in [0.717, 1.165) is 21.9 Å². The number of amides is 1. The first-order valence-electron chi connectivity index (χ1n) is 6.64. The second kappa shape index (κ2) is 7.82. The van der Waals surface area contributed by atoms with E-state index in [1.165, 1.54) is 11.3 Å². The number of nitrogens with zero attached hydrogens (tertiary/aromatic N) is 1. The summed E-state index contributed by atoms with van der Waals surface area (Å²) >= 11 is 9.25. The van der Waals surface area contributed by atoms with Gasteiger partial charge in [0.25, 0.3) is 0 Å². The van der Waals surface area contributed by atoms with E-state index in [4.69, 9.17) is 11.6 Å². The molecule has 0 aliphatic carbocycles. The number of benzene rings is 1. The molecule has 0 atom stereocenters. The van der Waals surface area contributed by atoms with Crippen LogP contribution in [0.15, 0.2) is 30.5 Å². The van der Waals surface area contributed by atoms with E-state index in [0.29, 0.717) is 16.1 Å². The molecule has 0 spiro atoms. The number of carbonyl (C=O) groups is 1. The molecule has 3 nitrogen and oxygen atoms in total. The Kier molecular flexibility index (Phi) is 6.08. The van der Waals surface area contributed by atoms with E-state index < -0.39 is 0 Å². The van der Waals surface area contributed by atoms with Gasteiger partial charge < -0.3 is 5.32 Å². The molecule has 1 amide bonds. The summed E-state index contributed by atoms with van der Waals surface area (Å²) < 4.78 is 0. The number of carbonyl (C=O) groups excluding carboxylic acids is 1. The maximum Gasteiger partial charge on any atom is 0.236 e. The van der Waals surface area contributed by atoms with E-state index in [1.807, 2.05) is 24.3 Å². The summed E-state index contributed by atoms with van der Waals surface area (Å²) in [5.41, 5.74) is 1.07. The summed E-state index contributed by atoms with van der Waals surface area (Å²) in [5, 5.41) is 4.68. The number of aromatic nitrogens is 1. The van der Waals surface area contributed by atoms with Crippen molar-refractivity contribution in [3.05, 3.63) is 45.9 Å². The second-order valence-electron chi connectivity index (χ2n) is 4.81. The Bertz CT molecular complexity index is 613. The predicted octanol–water partition coefficient (Wildman–Crippen LogP) is 4.47. The van der Waals surface area contributed by atoms with Crippen molar-refractivity contribution in [1.82, 2.24) is 4.98 Å². The molecular formula is C15H17ClN2OS2. The second-order valence-corrected chi connectivity index (χ2v) is 7.90. The zero-order chi connectivity index (χ0) is 15.2. The lowest BCUT2D eigenvalue weighted by molar-refractivity contribution is -0.113. The first-order chi connectivity index (χ1) is 10.0. The van der Waals surface area contributed by atoms with Crippen LogP contribution in [0.3, 0.4) is 0 Å². The Balaban J connectivity index is 1.92. The quantitative estimate of drug-likeness (QED) is 0.843. The van der Waals surface area contributed by atoms with E-state index in [2.05, 4.69) is 24.1 Å². The molecule has 0 bridgehead atoms. The summed E-state index contributed by atoms with van der Waals surface area (Å²) in [6, 6.07) is 7.76. The van der Waals surface area contributed by atoms with Crippen molar-refractivity contribution in [3.8, 4) is 0 Å². The van der Waals surface area contributed by atoms with Gasteiger partial charge in [-0.2, -0.15) is 0 Å². The maximum atomic E-state index is 11.8. The van der Waals surface area contributed by atoms with E-state index >= 15 is 0 Å². The molecule has 1 aromatic heterocycles. The topological polar surface area (TPSA) is 42.0 Å². The lowest BCUT2D eigenvalue weighted by atomic mass is 10.1. The zero-order valence-electron chi connectivity index (χ0n) is 11.9. The van der Waals surface area contributed by atoms with E-state index in [1.54, 1.807) is 18.0 Å². The van der Waals surface area contributed by atoms with Crippen LogP contribution < -0.4 is 5.32 Å². The monoisotopic (exact) mass is 340 g/mol. The van der Waals surface area contributed by atoms with Crippen LogP contribution >= 0.6 is 34.7 Å². The van der Waals surface area contributed by atoms with Crippen LogP contribution in [0.1, 0.15) is 24.3 Å². The molecule has 21 heavy (non-hydrogen) atoms. The molecule has 0 radical (unpaired) electrons.